The normalized spacial score (nSPS) is 18.4. The second-order valence-corrected chi connectivity index (χ2v) is 6.71. The highest BCUT2D eigenvalue weighted by molar-refractivity contribution is 8.17. The predicted octanol–water partition coefficient (Wildman–Crippen LogP) is 4.08. The Kier molecular flexibility index (Phi) is 4.09. The van der Waals surface area contributed by atoms with Gasteiger partial charge in [0.2, 0.25) is 0 Å². The average Bonchev–Trinajstić information content (AvgIpc) is 2.23. The Hall–Kier alpha value is 0.210. The molecule has 14 heavy (non-hydrogen) atoms. The second-order valence-electron chi connectivity index (χ2n) is 3.36. The molecule has 1 aromatic carbocycles. The van der Waals surface area contributed by atoms with Crippen molar-refractivity contribution in [2.45, 2.75) is 17.4 Å². The predicted molar refractivity (Wildman–Crippen MR) is 68.5 cm³/mol. The smallest absolute Gasteiger partial charge is 0.0542 e. The van der Waals surface area contributed by atoms with E-state index >= 15 is 0 Å². The maximum Gasteiger partial charge on any atom is 0.0542 e. The summed E-state index contributed by atoms with van der Waals surface area (Å²) in [5.41, 5.74) is 1.40. The summed E-state index contributed by atoms with van der Waals surface area (Å²) in [6.45, 7) is 0. The highest BCUT2D eigenvalue weighted by Gasteiger charge is 2.14. The van der Waals surface area contributed by atoms with Crippen LogP contribution in [0.3, 0.4) is 0 Å². The first-order chi connectivity index (χ1) is 6.84. The van der Waals surface area contributed by atoms with Crippen LogP contribution in [-0.2, 0) is 6.42 Å². The van der Waals surface area contributed by atoms with E-state index in [0.717, 1.165) is 9.60 Å². The van der Waals surface area contributed by atoms with E-state index in [2.05, 4.69) is 35.7 Å². The van der Waals surface area contributed by atoms with Gasteiger partial charge < -0.3 is 0 Å². The number of halogens is 1. The lowest BCUT2D eigenvalue weighted by Crippen LogP contribution is -2.09. The number of thioether (sulfide) groups is 2. The van der Waals surface area contributed by atoms with Gasteiger partial charge in [0.05, 0.1) is 4.58 Å². The molecule has 0 nitrogen and oxygen atoms in total. The van der Waals surface area contributed by atoms with Gasteiger partial charge >= 0.3 is 0 Å². The minimum Gasteiger partial charge on any atom is -0.147 e. The Labute approximate surface area is 98.8 Å². The summed E-state index contributed by atoms with van der Waals surface area (Å²) in [7, 11) is 0. The fraction of sp³-hybridized carbons (Fsp3) is 0.455. The number of hydrogen-bond acceptors (Lipinski definition) is 2. The van der Waals surface area contributed by atoms with Crippen molar-refractivity contribution < 1.29 is 0 Å². The lowest BCUT2D eigenvalue weighted by molar-refractivity contribution is 1.04. The van der Waals surface area contributed by atoms with Gasteiger partial charge in [-0.15, -0.1) is 23.5 Å². The van der Waals surface area contributed by atoms with Crippen molar-refractivity contribution >= 4 is 35.1 Å². The van der Waals surface area contributed by atoms with Crippen LogP contribution in [0.4, 0.5) is 0 Å². The van der Waals surface area contributed by atoms with E-state index in [-0.39, 0.29) is 0 Å². The molecule has 1 aromatic rings. The molecule has 1 fully saturated rings. The molecule has 1 heterocycles. The zero-order valence-electron chi connectivity index (χ0n) is 7.91. The Morgan fingerprint density at radius 2 is 1.79 bits per heavy atom. The van der Waals surface area contributed by atoms with Crippen LogP contribution in [0, 0.1) is 0 Å². The van der Waals surface area contributed by atoms with Crippen molar-refractivity contribution in [2.75, 3.05) is 11.5 Å². The number of rotatable bonds is 2. The van der Waals surface area contributed by atoms with Gasteiger partial charge in [0.25, 0.3) is 0 Å². The third kappa shape index (κ3) is 3.11. The maximum absolute atomic E-state index is 5.84. The van der Waals surface area contributed by atoms with Gasteiger partial charge in [-0.2, -0.15) is 0 Å². The van der Waals surface area contributed by atoms with Crippen molar-refractivity contribution in [1.29, 1.82) is 0 Å². The minimum atomic E-state index is 0.755. The highest BCUT2D eigenvalue weighted by atomic mass is 35.5. The standard InChI is InChI=1S/C11H13ClS2/c12-10-4-2-9(3-5-10)8-11-13-6-1-7-14-11/h2-5,11H,1,6-8H2. The summed E-state index contributed by atoms with van der Waals surface area (Å²) in [5.74, 6) is 2.65. The van der Waals surface area contributed by atoms with Crippen LogP contribution in [0.2, 0.25) is 5.02 Å². The van der Waals surface area contributed by atoms with Crippen molar-refractivity contribution in [1.82, 2.24) is 0 Å². The molecule has 0 radical (unpaired) electrons. The molecule has 1 aliphatic heterocycles. The lowest BCUT2D eigenvalue weighted by Gasteiger charge is -2.20. The topological polar surface area (TPSA) is 0 Å². The fourth-order valence-electron chi connectivity index (χ4n) is 1.47. The van der Waals surface area contributed by atoms with E-state index in [4.69, 9.17) is 11.6 Å². The fourth-order valence-corrected chi connectivity index (χ4v) is 4.51. The van der Waals surface area contributed by atoms with Crippen LogP contribution in [-0.4, -0.2) is 16.1 Å². The minimum absolute atomic E-state index is 0.755. The van der Waals surface area contributed by atoms with Gasteiger partial charge in [0.15, 0.2) is 0 Å². The number of hydrogen-bond donors (Lipinski definition) is 0. The first-order valence-electron chi connectivity index (χ1n) is 4.82. The largest absolute Gasteiger partial charge is 0.147 e. The molecular formula is C11H13ClS2. The maximum atomic E-state index is 5.84. The summed E-state index contributed by atoms with van der Waals surface area (Å²) >= 11 is 10.0. The van der Waals surface area contributed by atoms with E-state index in [1.807, 2.05) is 12.1 Å². The van der Waals surface area contributed by atoms with Gasteiger partial charge in [0.1, 0.15) is 0 Å². The monoisotopic (exact) mass is 244 g/mol. The molecule has 0 unspecified atom stereocenters. The second kappa shape index (κ2) is 5.34. The van der Waals surface area contributed by atoms with Crippen LogP contribution in [0.5, 0.6) is 0 Å². The summed E-state index contributed by atoms with van der Waals surface area (Å²) in [4.78, 5) is 0. The first kappa shape index (κ1) is 10.7. The molecule has 2 rings (SSSR count). The first-order valence-corrected chi connectivity index (χ1v) is 7.30. The van der Waals surface area contributed by atoms with Crippen LogP contribution >= 0.6 is 35.1 Å². The molecule has 0 aliphatic carbocycles. The van der Waals surface area contributed by atoms with E-state index in [9.17, 15) is 0 Å². The molecule has 1 aliphatic rings. The Bertz CT molecular complexity index is 278. The zero-order chi connectivity index (χ0) is 9.80. The van der Waals surface area contributed by atoms with Crippen LogP contribution in [0.15, 0.2) is 24.3 Å². The summed E-state index contributed by atoms with van der Waals surface area (Å²) in [6, 6.07) is 8.24. The third-order valence-electron chi connectivity index (χ3n) is 2.21. The molecule has 0 saturated carbocycles. The Balaban J connectivity index is 1.92. The van der Waals surface area contributed by atoms with E-state index < -0.39 is 0 Å². The molecule has 0 spiro atoms. The van der Waals surface area contributed by atoms with Crippen molar-refractivity contribution in [3.05, 3.63) is 34.9 Å². The average molecular weight is 245 g/mol. The van der Waals surface area contributed by atoms with Gasteiger partial charge in [-0.1, -0.05) is 23.7 Å². The van der Waals surface area contributed by atoms with Gasteiger partial charge in [-0.25, -0.2) is 0 Å². The van der Waals surface area contributed by atoms with Crippen LogP contribution in [0.25, 0.3) is 0 Å². The summed E-state index contributed by atoms with van der Waals surface area (Å²) < 4.78 is 0.755. The molecule has 0 atom stereocenters. The third-order valence-corrected chi connectivity index (χ3v) is 5.41. The molecule has 0 N–H and O–H groups in total. The molecule has 3 heteroatoms. The Morgan fingerprint density at radius 1 is 1.14 bits per heavy atom. The van der Waals surface area contributed by atoms with Crippen molar-refractivity contribution in [3.8, 4) is 0 Å². The van der Waals surface area contributed by atoms with Gasteiger partial charge in [-0.3, -0.25) is 0 Å². The quantitative estimate of drug-likeness (QED) is 0.769. The van der Waals surface area contributed by atoms with E-state index in [1.165, 1.54) is 29.9 Å². The van der Waals surface area contributed by atoms with Crippen LogP contribution in [0.1, 0.15) is 12.0 Å². The van der Waals surface area contributed by atoms with Crippen LogP contribution < -0.4 is 0 Å². The summed E-state index contributed by atoms with van der Waals surface area (Å²) in [6.07, 6.45) is 2.54. The van der Waals surface area contributed by atoms with E-state index in [0.29, 0.717) is 0 Å². The SMILES string of the molecule is Clc1ccc(CC2SCCCS2)cc1. The molecule has 76 valence electrons. The van der Waals surface area contributed by atoms with Gasteiger partial charge in [0, 0.05) is 5.02 Å². The molecule has 0 bridgehead atoms. The molecule has 0 amide bonds. The summed E-state index contributed by atoms with van der Waals surface area (Å²) in [5, 5.41) is 0.831. The molecule has 0 aromatic heterocycles. The zero-order valence-corrected chi connectivity index (χ0v) is 10.3. The number of benzene rings is 1. The van der Waals surface area contributed by atoms with Crippen molar-refractivity contribution in [3.63, 3.8) is 0 Å². The van der Waals surface area contributed by atoms with Crippen molar-refractivity contribution in [2.24, 2.45) is 0 Å². The lowest BCUT2D eigenvalue weighted by atomic mass is 10.2. The highest BCUT2D eigenvalue weighted by Crippen LogP contribution is 2.33. The van der Waals surface area contributed by atoms with E-state index in [1.54, 1.807) is 0 Å². The Morgan fingerprint density at radius 3 is 2.43 bits per heavy atom. The molecule has 1 saturated heterocycles. The molecular weight excluding hydrogens is 232 g/mol. The van der Waals surface area contributed by atoms with Gasteiger partial charge in [-0.05, 0) is 42.0 Å².